The largest absolute Gasteiger partial charge is 0.453 e. The third-order valence-corrected chi connectivity index (χ3v) is 1.72. The lowest BCUT2D eigenvalue weighted by atomic mass is 10.4. The number of ether oxygens (including phenoxy) is 1. The second-order valence-corrected chi connectivity index (χ2v) is 2.82. The lowest BCUT2D eigenvalue weighted by Gasteiger charge is -2.08. The number of nitro groups is 1. The van der Waals surface area contributed by atoms with E-state index in [1.165, 1.54) is 0 Å². The van der Waals surface area contributed by atoms with Crippen LogP contribution in [0.3, 0.4) is 0 Å². The Morgan fingerprint density at radius 1 is 1.87 bits per heavy atom. The molecule has 1 aromatic rings. The van der Waals surface area contributed by atoms with Gasteiger partial charge in [0.15, 0.2) is 0 Å². The molecule has 1 rings (SSSR count). The zero-order valence-electron chi connectivity index (χ0n) is 8.16. The van der Waals surface area contributed by atoms with E-state index in [2.05, 4.69) is 5.10 Å². The fraction of sp³-hybridized carbons (Fsp3) is 0.571. The first-order chi connectivity index (χ1) is 7.08. The van der Waals surface area contributed by atoms with Crippen molar-refractivity contribution in [2.75, 3.05) is 0 Å². The summed E-state index contributed by atoms with van der Waals surface area (Å²) in [5.41, 5.74) is 5.16. The number of hydrogen-bond donors (Lipinski definition) is 2. The van der Waals surface area contributed by atoms with Gasteiger partial charge in [-0.2, -0.15) is 0 Å². The topological polar surface area (TPSA) is 116 Å². The first kappa shape index (κ1) is 11.4. The summed E-state index contributed by atoms with van der Waals surface area (Å²) in [5, 5.41) is 23.0. The van der Waals surface area contributed by atoms with Crippen LogP contribution in [0.1, 0.15) is 13.3 Å². The maximum Gasteiger partial charge on any atom is 0.350 e. The van der Waals surface area contributed by atoms with Gasteiger partial charge >= 0.3 is 11.6 Å². The predicted octanol–water partition coefficient (Wildman–Crippen LogP) is -0.185. The Balaban J connectivity index is 2.93. The van der Waals surface area contributed by atoms with E-state index in [9.17, 15) is 10.1 Å². The van der Waals surface area contributed by atoms with E-state index >= 15 is 0 Å². The van der Waals surface area contributed by atoms with Crippen LogP contribution in [-0.2, 0) is 6.73 Å². The van der Waals surface area contributed by atoms with Crippen molar-refractivity contribution >= 4 is 5.69 Å². The summed E-state index contributed by atoms with van der Waals surface area (Å²) in [7, 11) is 0. The number of nitrogens with two attached hydrogens (primary N) is 1. The molecular weight excluding hydrogens is 204 g/mol. The molecule has 0 amide bonds. The number of hydrogen-bond acceptors (Lipinski definition) is 6. The zero-order chi connectivity index (χ0) is 11.4. The lowest BCUT2D eigenvalue weighted by molar-refractivity contribution is -0.386. The van der Waals surface area contributed by atoms with E-state index in [-0.39, 0.29) is 11.6 Å². The summed E-state index contributed by atoms with van der Waals surface area (Å²) in [4.78, 5) is 9.93. The Morgan fingerprint density at radius 3 is 3.00 bits per heavy atom. The van der Waals surface area contributed by atoms with Crippen molar-refractivity contribution in [3.05, 3.63) is 16.3 Å². The van der Waals surface area contributed by atoms with E-state index in [4.69, 9.17) is 15.6 Å². The molecule has 0 aliphatic heterocycles. The molecule has 1 atom stereocenters. The summed E-state index contributed by atoms with van der Waals surface area (Å²) < 4.78 is 6.03. The van der Waals surface area contributed by atoms with Crippen molar-refractivity contribution < 1.29 is 14.8 Å². The van der Waals surface area contributed by atoms with Gasteiger partial charge in [0.25, 0.3) is 0 Å². The molecule has 0 saturated heterocycles. The van der Waals surface area contributed by atoms with Crippen molar-refractivity contribution in [2.45, 2.75) is 26.3 Å². The van der Waals surface area contributed by atoms with Crippen LogP contribution in [0.4, 0.5) is 5.69 Å². The average Bonchev–Trinajstić information content (AvgIpc) is 2.61. The van der Waals surface area contributed by atoms with Gasteiger partial charge in [-0.25, -0.2) is 4.68 Å². The molecule has 0 aliphatic carbocycles. The number of aromatic nitrogens is 2. The van der Waals surface area contributed by atoms with Crippen molar-refractivity contribution in [1.82, 2.24) is 9.78 Å². The normalized spacial score (nSPS) is 12.5. The van der Waals surface area contributed by atoms with E-state index < -0.39 is 17.9 Å². The number of aliphatic hydroxyl groups excluding tert-OH is 1. The minimum Gasteiger partial charge on any atom is -0.453 e. The van der Waals surface area contributed by atoms with Crippen LogP contribution in [0.2, 0.25) is 0 Å². The monoisotopic (exact) mass is 216 g/mol. The minimum atomic E-state index is -0.647. The first-order valence-corrected chi connectivity index (χ1v) is 4.33. The maximum atomic E-state index is 10.6. The average molecular weight is 216 g/mol. The van der Waals surface area contributed by atoms with Crippen LogP contribution in [-0.4, -0.2) is 26.0 Å². The van der Waals surface area contributed by atoms with Crippen LogP contribution in [0.15, 0.2) is 6.20 Å². The highest BCUT2D eigenvalue weighted by atomic mass is 16.6. The molecule has 1 heterocycles. The van der Waals surface area contributed by atoms with Crippen molar-refractivity contribution in [3.63, 3.8) is 0 Å². The van der Waals surface area contributed by atoms with Crippen LogP contribution in [0.25, 0.3) is 0 Å². The van der Waals surface area contributed by atoms with Crippen LogP contribution in [0, 0.1) is 10.1 Å². The molecule has 0 spiro atoms. The molecule has 0 saturated carbocycles. The van der Waals surface area contributed by atoms with Gasteiger partial charge in [0, 0.05) is 0 Å². The highest BCUT2D eigenvalue weighted by Crippen LogP contribution is 2.25. The van der Waals surface area contributed by atoms with Crippen LogP contribution in [0.5, 0.6) is 5.88 Å². The molecular formula is C7H12N4O4. The van der Waals surface area contributed by atoms with Gasteiger partial charge in [-0.1, -0.05) is 6.92 Å². The van der Waals surface area contributed by atoms with Gasteiger partial charge in [-0.15, -0.1) is 5.10 Å². The number of nitrogens with zero attached hydrogens (tertiary/aromatic N) is 3. The van der Waals surface area contributed by atoms with E-state index in [0.29, 0.717) is 6.42 Å². The van der Waals surface area contributed by atoms with E-state index in [1.54, 1.807) is 6.92 Å². The van der Waals surface area contributed by atoms with Crippen LogP contribution >= 0.6 is 0 Å². The van der Waals surface area contributed by atoms with Gasteiger partial charge in [0.2, 0.25) is 0 Å². The summed E-state index contributed by atoms with van der Waals surface area (Å²) in [6.45, 7) is 1.32. The SMILES string of the molecule is CCC(N)Oc1nn(CO)cc1[N+](=O)[O-]. The molecule has 15 heavy (non-hydrogen) atoms. The molecule has 0 aromatic carbocycles. The summed E-state index contributed by atoms with van der Waals surface area (Å²) in [6, 6.07) is 0. The molecule has 0 fully saturated rings. The van der Waals surface area contributed by atoms with Gasteiger partial charge < -0.3 is 9.84 Å². The molecule has 0 aliphatic rings. The molecule has 3 N–H and O–H groups in total. The molecule has 0 bridgehead atoms. The van der Waals surface area contributed by atoms with Gasteiger partial charge in [0.1, 0.15) is 19.2 Å². The fourth-order valence-corrected chi connectivity index (χ4v) is 0.901. The van der Waals surface area contributed by atoms with E-state index in [0.717, 1.165) is 10.9 Å². The Bertz CT molecular complexity index is 351. The third kappa shape index (κ3) is 2.64. The molecule has 8 heteroatoms. The fourth-order valence-electron chi connectivity index (χ4n) is 0.901. The van der Waals surface area contributed by atoms with Crippen LogP contribution < -0.4 is 10.5 Å². The van der Waals surface area contributed by atoms with Gasteiger partial charge in [0.05, 0.1) is 4.92 Å². The Hall–Kier alpha value is -1.67. The molecule has 1 unspecified atom stereocenters. The predicted molar refractivity (Wildman–Crippen MR) is 50.0 cm³/mol. The Kier molecular flexibility index (Phi) is 3.58. The maximum absolute atomic E-state index is 10.6. The van der Waals surface area contributed by atoms with Crippen molar-refractivity contribution in [3.8, 4) is 5.88 Å². The quantitative estimate of drug-likeness (QED) is 0.400. The second-order valence-electron chi connectivity index (χ2n) is 2.82. The minimum absolute atomic E-state index is 0.177. The highest BCUT2D eigenvalue weighted by Gasteiger charge is 2.22. The Labute approximate surface area is 85.4 Å². The third-order valence-electron chi connectivity index (χ3n) is 1.72. The smallest absolute Gasteiger partial charge is 0.350 e. The molecule has 8 nitrogen and oxygen atoms in total. The standard InChI is InChI=1S/C7H12N4O4/c1-2-6(8)15-7-5(11(13)14)3-10(4-12)9-7/h3,6,12H,2,4,8H2,1H3. The molecule has 84 valence electrons. The molecule has 0 radical (unpaired) electrons. The Morgan fingerprint density at radius 2 is 2.53 bits per heavy atom. The van der Waals surface area contributed by atoms with Crippen molar-refractivity contribution in [2.24, 2.45) is 5.73 Å². The van der Waals surface area contributed by atoms with E-state index in [1.807, 2.05) is 0 Å². The molecule has 1 aromatic heterocycles. The number of aliphatic hydroxyl groups is 1. The van der Waals surface area contributed by atoms with Gasteiger partial charge in [-0.05, 0) is 6.42 Å². The summed E-state index contributed by atoms with van der Waals surface area (Å²) in [6.07, 6.45) is 0.937. The summed E-state index contributed by atoms with van der Waals surface area (Å²) in [5.74, 6) is -0.177. The lowest BCUT2D eigenvalue weighted by Crippen LogP contribution is -2.26. The number of rotatable bonds is 5. The first-order valence-electron chi connectivity index (χ1n) is 4.33. The van der Waals surface area contributed by atoms with Crippen molar-refractivity contribution in [1.29, 1.82) is 0 Å². The summed E-state index contributed by atoms with van der Waals surface area (Å²) >= 11 is 0. The second kappa shape index (κ2) is 4.71. The zero-order valence-corrected chi connectivity index (χ0v) is 8.16. The highest BCUT2D eigenvalue weighted by molar-refractivity contribution is 5.38. The van der Waals surface area contributed by atoms with Gasteiger partial charge in [-0.3, -0.25) is 15.8 Å².